The summed E-state index contributed by atoms with van der Waals surface area (Å²) in [5.74, 6) is 0.520. The first-order chi connectivity index (χ1) is 4.72. The van der Waals surface area contributed by atoms with Crippen LogP contribution in [0.1, 0.15) is 25.5 Å². The number of nitrogens with zero attached hydrogens (tertiary/aromatic N) is 1. The third-order valence-corrected chi connectivity index (χ3v) is 2.98. The molecule has 0 aromatic carbocycles. The maximum Gasteiger partial charge on any atom is 0.0581 e. The number of rotatable bonds is 2. The van der Waals surface area contributed by atoms with E-state index in [1.165, 1.54) is 17.2 Å². The van der Waals surface area contributed by atoms with Crippen LogP contribution in [0.2, 0.25) is 0 Å². The fraction of sp³-hybridized carbons (Fsp3) is 0.571. The summed E-state index contributed by atoms with van der Waals surface area (Å²) >= 11 is 5.04. The largest absolute Gasteiger partial charge is 0.197 e. The maximum atomic E-state index is 4.25. The van der Waals surface area contributed by atoms with E-state index in [1.54, 1.807) is 0 Å². The van der Waals surface area contributed by atoms with Crippen LogP contribution in [0.3, 0.4) is 0 Å². The lowest BCUT2D eigenvalue weighted by Gasteiger charge is -2.09. The van der Waals surface area contributed by atoms with Crippen molar-refractivity contribution in [2.75, 3.05) is 0 Å². The van der Waals surface area contributed by atoms with Gasteiger partial charge in [-0.2, -0.15) is 4.37 Å². The molecule has 1 heterocycles. The Morgan fingerprint density at radius 3 is 2.70 bits per heavy atom. The lowest BCUT2D eigenvalue weighted by atomic mass is 10.1. The van der Waals surface area contributed by atoms with E-state index in [1.807, 2.05) is 5.38 Å². The van der Waals surface area contributed by atoms with E-state index >= 15 is 0 Å². The van der Waals surface area contributed by atoms with Crippen LogP contribution in [0.15, 0.2) is 11.4 Å². The second-order valence-electron chi connectivity index (χ2n) is 2.39. The Labute approximate surface area is 73.8 Å². The minimum absolute atomic E-state index is 0.509. The van der Waals surface area contributed by atoms with Gasteiger partial charge in [0.05, 0.1) is 5.69 Å². The van der Waals surface area contributed by atoms with Crippen molar-refractivity contribution in [2.45, 2.75) is 24.6 Å². The average molecular weight is 220 g/mol. The molecule has 10 heavy (non-hydrogen) atoms. The average Bonchev–Trinajstić information content (AvgIpc) is 2.36. The lowest BCUT2D eigenvalue weighted by Crippen LogP contribution is -2.03. The minimum atomic E-state index is 0.509. The smallest absolute Gasteiger partial charge is 0.0581 e. The highest BCUT2D eigenvalue weighted by Gasteiger charge is 2.12. The Hall–Kier alpha value is 0.110. The molecule has 2 unspecified atom stereocenters. The standard InChI is InChI=1S/C7H10BrNS/c1-5(6(2)8)7-3-4-10-9-7/h3-6H,1-2H3. The summed E-state index contributed by atoms with van der Waals surface area (Å²) in [6.45, 7) is 4.32. The fourth-order valence-electron chi connectivity index (χ4n) is 0.692. The highest BCUT2D eigenvalue weighted by molar-refractivity contribution is 9.09. The van der Waals surface area contributed by atoms with Crippen molar-refractivity contribution >= 4 is 27.5 Å². The van der Waals surface area contributed by atoms with Crippen LogP contribution in [0.5, 0.6) is 0 Å². The van der Waals surface area contributed by atoms with Crippen LogP contribution in [-0.4, -0.2) is 9.20 Å². The predicted octanol–water partition coefficient (Wildman–Crippen LogP) is 3.03. The molecular formula is C7H10BrNS. The number of halogens is 1. The second-order valence-corrected chi connectivity index (χ2v) is 4.50. The van der Waals surface area contributed by atoms with Crippen LogP contribution in [0, 0.1) is 0 Å². The predicted molar refractivity (Wildman–Crippen MR) is 48.9 cm³/mol. The first kappa shape index (κ1) is 8.21. The van der Waals surface area contributed by atoms with Crippen molar-refractivity contribution in [1.29, 1.82) is 0 Å². The molecular weight excluding hydrogens is 210 g/mol. The number of aromatic nitrogens is 1. The monoisotopic (exact) mass is 219 g/mol. The Balaban J connectivity index is 2.68. The molecule has 0 aliphatic heterocycles. The van der Waals surface area contributed by atoms with E-state index < -0.39 is 0 Å². The second kappa shape index (κ2) is 3.49. The van der Waals surface area contributed by atoms with Gasteiger partial charge in [-0.25, -0.2) is 0 Å². The van der Waals surface area contributed by atoms with Gasteiger partial charge in [-0.3, -0.25) is 0 Å². The van der Waals surface area contributed by atoms with Crippen molar-refractivity contribution < 1.29 is 0 Å². The van der Waals surface area contributed by atoms with E-state index in [9.17, 15) is 0 Å². The van der Waals surface area contributed by atoms with E-state index in [0.717, 1.165) is 0 Å². The molecule has 56 valence electrons. The van der Waals surface area contributed by atoms with Gasteiger partial charge in [-0.1, -0.05) is 29.8 Å². The van der Waals surface area contributed by atoms with E-state index in [0.29, 0.717) is 10.7 Å². The van der Waals surface area contributed by atoms with E-state index in [4.69, 9.17) is 0 Å². The Morgan fingerprint density at radius 2 is 2.30 bits per heavy atom. The molecule has 0 N–H and O–H groups in total. The highest BCUT2D eigenvalue weighted by Crippen LogP contribution is 2.22. The lowest BCUT2D eigenvalue weighted by molar-refractivity contribution is 0.744. The normalized spacial score (nSPS) is 16.7. The van der Waals surface area contributed by atoms with Gasteiger partial charge in [-0.15, -0.1) is 0 Å². The molecule has 1 aromatic heterocycles. The van der Waals surface area contributed by atoms with Gasteiger partial charge in [-0.05, 0) is 17.6 Å². The summed E-state index contributed by atoms with van der Waals surface area (Å²) < 4.78 is 4.25. The van der Waals surface area contributed by atoms with E-state index in [-0.39, 0.29) is 0 Å². The van der Waals surface area contributed by atoms with Crippen LogP contribution in [-0.2, 0) is 0 Å². The number of hydrogen-bond acceptors (Lipinski definition) is 2. The molecule has 0 bridgehead atoms. The zero-order chi connectivity index (χ0) is 7.56. The minimum Gasteiger partial charge on any atom is -0.197 e. The summed E-state index contributed by atoms with van der Waals surface area (Å²) in [5, 5.41) is 2.02. The summed E-state index contributed by atoms with van der Waals surface area (Å²) in [6, 6.07) is 2.08. The zero-order valence-electron chi connectivity index (χ0n) is 6.04. The third-order valence-electron chi connectivity index (χ3n) is 1.61. The Morgan fingerprint density at radius 1 is 1.60 bits per heavy atom. The zero-order valence-corrected chi connectivity index (χ0v) is 8.45. The number of alkyl halides is 1. The molecule has 0 spiro atoms. The van der Waals surface area contributed by atoms with Gasteiger partial charge in [0.2, 0.25) is 0 Å². The SMILES string of the molecule is CC(Br)C(C)c1ccsn1. The highest BCUT2D eigenvalue weighted by atomic mass is 79.9. The summed E-state index contributed by atoms with van der Waals surface area (Å²) in [4.78, 5) is 0.509. The molecule has 0 aliphatic carbocycles. The first-order valence-electron chi connectivity index (χ1n) is 3.26. The topological polar surface area (TPSA) is 12.9 Å². The van der Waals surface area contributed by atoms with Gasteiger partial charge in [0, 0.05) is 16.1 Å². The molecule has 0 amide bonds. The third kappa shape index (κ3) is 1.80. The van der Waals surface area contributed by atoms with Crippen molar-refractivity contribution in [2.24, 2.45) is 0 Å². The van der Waals surface area contributed by atoms with Crippen molar-refractivity contribution in [3.8, 4) is 0 Å². The maximum absolute atomic E-state index is 4.25. The molecule has 0 fully saturated rings. The van der Waals surface area contributed by atoms with Crippen LogP contribution in [0.25, 0.3) is 0 Å². The quantitative estimate of drug-likeness (QED) is 0.698. The molecule has 1 nitrogen and oxygen atoms in total. The van der Waals surface area contributed by atoms with Gasteiger partial charge in [0.25, 0.3) is 0 Å². The Bertz CT molecular complexity index is 183. The van der Waals surface area contributed by atoms with Gasteiger partial charge in [0.15, 0.2) is 0 Å². The summed E-state index contributed by atoms with van der Waals surface area (Å²) in [5.41, 5.74) is 1.19. The van der Waals surface area contributed by atoms with Crippen molar-refractivity contribution in [3.05, 3.63) is 17.1 Å². The molecule has 2 atom stereocenters. The number of hydrogen-bond donors (Lipinski definition) is 0. The molecule has 0 radical (unpaired) electrons. The first-order valence-corrected chi connectivity index (χ1v) is 5.01. The summed E-state index contributed by atoms with van der Waals surface area (Å²) in [7, 11) is 0. The van der Waals surface area contributed by atoms with Crippen LogP contribution >= 0.6 is 27.5 Å². The van der Waals surface area contributed by atoms with Crippen LogP contribution in [0.4, 0.5) is 0 Å². The molecule has 1 aromatic rings. The Kier molecular flexibility index (Phi) is 2.86. The van der Waals surface area contributed by atoms with Gasteiger partial charge >= 0.3 is 0 Å². The van der Waals surface area contributed by atoms with Crippen LogP contribution < -0.4 is 0 Å². The molecule has 0 aliphatic rings. The van der Waals surface area contributed by atoms with Crippen molar-refractivity contribution in [3.63, 3.8) is 0 Å². The molecule has 1 rings (SSSR count). The van der Waals surface area contributed by atoms with Crippen molar-refractivity contribution in [1.82, 2.24) is 4.37 Å². The fourth-order valence-corrected chi connectivity index (χ4v) is 1.57. The van der Waals surface area contributed by atoms with E-state index in [2.05, 4.69) is 40.2 Å². The molecule has 0 saturated carbocycles. The molecule has 0 saturated heterocycles. The molecule has 3 heteroatoms. The van der Waals surface area contributed by atoms with Gasteiger partial charge < -0.3 is 0 Å². The van der Waals surface area contributed by atoms with Gasteiger partial charge in [0.1, 0.15) is 0 Å². The summed E-state index contributed by atoms with van der Waals surface area (Å²) in [6.07, 6.45) is 0.